The fourth-order valence-corrected chi connectivity index (χ4v) is 2.85. The van der Waals surface area contributed by atoms with Crippen LogP contribution in [0.4, 0.5) is 0 Å². The average Bonchev–Trinajstić information content (AvgIpc) is 2.21. The Bertz CT molecular complexity index is 220. The van der Waals surface area contributed by atoms with E-state index in [0.717, 1.165) is 12.8 Å². The van der Waals surface area contributed by atoms with Gasteiger partial charge in [-0.3, -0.25) is 4.79 Å². The van der Waals surface area contributed by atoms with Gasteiger partial charge in [0.25, 0.3) is 0 Å². The van der Waals surface area contributed by atoms with Crippen LogP contribution in [-0.2, 0) is 4.79 Å². The summed E-state index contributed by atoms with van der Waals surface area (Å²) in [6, 6.07) is 0.646. The van der Waals surface area contributed by atoms with Crippen LogP contribution in [0.5, 0.6) is 0 Å². The van der Waals surface area contributed by atoms with Crippen molar-refractivity contribution in [2.45, 2.75) is 77.3 Å². The Morgan fingerprint density at radius 1 is 1.18 bits per heavy atom. The van der Waals surface area contributed by atoms with E-state index < -0.39 is 0 Å². The molecular formula is C14H27NO2. The summed E-state index contributed by atoms with van der Waals surface area (Å²) in [5.41, 5.74) is 0. The average molecular weight is 241 g/mol. The van der Waals surface area contributed by atoms with E-state index >= 15 is 0 Å². The Balaban J connectivity index is 2.63. The molecule has 3 nitrogen and oxygen atoms in total. The van der Waals surface area contributed by atoms with Crippen LogP contribution in [0.2, 0.25) is 0 Å². The molecule has 17 heavy (non-hydrogen) atoms. The number of aliphatic hydroxyl groups excluding tert-OH is 1. The minimum absolute atomic E-state index is 0.0330. The number of amides is 1. The molecule has 3 heteroatoms. The van der Waals surface area contributed by atoms with E-state index in [0.29, 0.717) is 6.04 Å². The predicted octanol–water partition coefficient (Wildman–Crippen LogP) is 2.72. The number of hydrogen-bond acceptors (Lipinski definition) is 2. The Kier molecular flexibility index (Phi) is 6.56. The highest BCUT2D eigenvalue weighted by atomic mass is 16.3. The molecule has 1 fully saturated rings. The SMILES string of the molecule is CC(C)N(C(=O)CCO)C1CCCCCCC1. The van der Waals surface area contributed by atoms with Gasteiger partial charge in [0.1, 0.15) is 0 Å². The van der Waals surface area contributed by atoms with Crippen LogP contribution in [0.3, 0.4) is 0 Å². The lowest BCUT2D eigenvalue weighted by Gasteiger charge is -2.36. The maximum Gasteiger partial charge on any atom is 0.225 e. The van der Waals surface area contributed by atoms with Gasteiger partial charge in [-0.2, -0.15) is 0 Å². The molecule has 0 saturated heterocycles. The van der Waals surface area contributed by atoms with Crippen molar-refractivity contribution < 1.29 is 9.90 Å². The lowest BCUT2D eigenvalue weighted by molar-refractivity contribution is -0.136. The summed E-state index contributed by atoms with van der Waals surface area (Å²) < 4.78 is 0. The molecule has 0 heterocycles. The first-order chi connectivity index (χ1) is 8.16. The van der Waals surface area contributed by atoms with Crippen LogP contribution in [0.1, 0.15) is 65.2 Å². The second-order valence-electron chi connectivity index (χ2n) is 5.37. The predicted molar refractivity (Wildman–Crippen MR) is 69.8 cm³/mol. The van der Waals surface area contributed by atoms with Crippen LogP contribution < -0.4 is 0 Å². The number of carbonyl (C=O) groups excluding carboxylic acids is 1. The molecule has 0 radical (unpaired) electrons. The lowest BCUT2D eigenvalue weighted by Crippen LogP contribution is -2.45. The summed E-state index contributed by atoms with van der Waals surface area (Å²) in [7, 11) is 0. The lowest BCUT2D eigenvalue weighted by atomic mass is 9.94. The van der Waals surface area contributed by atoms with Crippen molar-refractivity contribution in [2.24, 2.45) is 0 Å². The number of hydrogen-bond donors (Lipinski definition) is 1. The van der Waals surface area contributed by atoms with Gasteiger partial charge in [0.2, 0.25) is 5.91 Å². The van der Waals surface area contributed by atoms with Crippen molar-refractivity contribution in [3.8, 4) is 0 Å². The molecule has 0 aromatic heterocycles. The van der Waals surface area contributed by atoms with Gasteiger partial charge < -0.3 is 10.0 Å². The second-order valence-corrected chi connectivity index (χ2v) is 5.37. The third-order valence-electron chi connectivity index (χ3n) is 3.64. The van der Waals surface area contributed by atoms with Crippen LogP contribution in [-0.4, -0.2) is 34.6 Å². The molecule has 1 aliphatic carbocycles. The van der Waals surface area contributed by atoms with E-state index in [-0.39, 0.29) is 25.0 Å². The minimum Gasteiger partial charge on any atom is -0.396 e. The molecule has 1 amide bonds. The van der Waals surface area contributed by atoms with Crippen molar-refractivity contribution in [1.82, 2.24) is 4.90 Å². The molecular weight excluding hydrogens is 214 g/mol. The molecule has 1 N–H and O–H groups in total. The third kappa shape index (κ3) is 4.66. The molecule has 0 aliphatic heterocycles. The standard InChI is InChI=1S/C14H27NO2/c1-12(2)15(14(17)10-11-16)13-8-6-4-3-5-7-9-13/h12-13,16H,3-11H2,1-2H3. The Morgan fingerprint density at radius 2 is 1.71 bits per heavy atom. The number of rotatable bonds is 4. The highest BCUT2D eigenvalue weighted by Crippen LogP contribution is 2.23. The van der Waals surface area contributed by atoms with E-state index in [9.17, 15) is 4.79 Å². The number of aliphatic hydroxyl groups is 1. The molecule has 1 saturated carbocycles. The zero-order valence-electron chi connectivity index (χ0n) is 11.3. The Labute approximate surface area is 105 Å². The van der Waals surface area contributed by atoms with E-state index in [1.807, 2.05) is 4.90 Å². The maximum absolute atomic E-state index is 12.0. The van der Waals surface area contributed by atoms with Gasteiger partial charge in [-0.05, 0) is 26.7 Å². The first-order valence-electron chi connectivity index (χ1n) is 7.09. The molecule has 0 unspecified atom stereocenters. The molecule has 1 aliphatic rings. The Morgan fingerprint density at radius 3 is 2.18 bits per heavy atom. The van der Waals surface area contributed by atoms with Crippen LogP contribution >= 0.6 is 0 Å². The topological polar surface area (TPSA) is 40.5 Å². The smallest absolute Gasteiger partial charge is 0.225 e. The number of nitrogens with zero attached hydrogens (tertiary/aromatic N) is 1. The highest BCUT2D eigenvalue weighted by molar-refractivity contribution is 5.76. The third-order valence-corrected chi connectivity index (χ3v) is 3.64. The monoisotopic (exact) mass is 241 g/mol. The van der Waals surface area contributed by atoms with Crippen molar-refractivity contribution >= 4 is 5.91 Å². The van der Waals surface area contributed by atoms with E-state index in [1.54, 1.807) is 0 Å². The maximum atomic E-state index is 12.0. The largest absolute Gasteiger partial charge is 0.396 e. The van der Waals surface area contributed by atoms with Gasteiger partial charge in [-0.25, -0.2) is 0 Å². The zero-order valence-corrected chi connectivity index (χ0v) is 11.3. The summed E-state index contributed by atoms with van der Waals surface area (Å²) in [4.78, 5) is 14.1. The molecule has 0 spiro atoms. The second kappa shape index (κ2) is 7.70. The van der Waals surface area contributed by atoms with Gasteiger partial charge in [0, 0.05) is 18.5 Å². The molecule has 100 valence electrons. The molecule has 0 aromatic rings. The quantitative estimate of drug-likeness (QED) is 0.822. The minimum atomic E-state index is -0.0330. The number of carbonyl (C=O) groups is 1. The Hall–Kier alpha value is -0.570. The zero-order chi connectivity index (χ0) is 12.7. The van der Waals surface area contributed by atoms with Gasteiger partial charge in [0.05, 0.1) is 6.61 Å². The van der Waals surface area contributed by atoms with Gasteiger partial charge >= 0.3 is 0 Å². The van der Waals surface area contributed by atoms with Crippen LogP contribution in [0.25, 0.3) is 0 Å². The van der Waals surface area contributed by atoms with Gasteiger partial charge in [-0.15, -0.1) is 0 Å². The molecule has 1 rings (SSSR count). The van der Waals surface area contributed by atoms with Crippen molar-refractivity contribution in [1.29, 1.82) is 0 Å². The summed E-state index contributed by atoms with van der Waals surface area (Å²) in [5, 5.41) is 8.92. The van der Waals surface area contributed by atoms with Crippen molar-refractivity contribution in [3.05, 3.63) is 0 Å². The highest BCUT2D eigenvalue weighted by Gasteiger charge is 2.25. The van der Waals surface area contributed by atoms with Crippen LogP contribution in [0.15, 0.2) is 0 Å². The van der Waals surface area contributed by atoms with Gasteiger partial charge in [-0.1, -0.05) is 32.1 Å². The fraction of sp³-hybridized carbons (Fsp3) is 0.929. The van der Waals surface area contributed by atoms with E-state index in [4.69, 9.17) is 5.11 Å². The van der Waals surface area contributed by atoms with Crippen molar-refractivity contribution in [2.75, 3.05) is 6.61 Å². The summed E-state index contributed by atoms with van der Waals surface area (Å²) >= 11 is 0. The normalized spacial score (nSPS) is 18.8. The summed E-state index contributed by atoms with van der Waals surface area (Å²) in [5.74, 6) is 0.119. The first kappa shape index (κ1) is 14.5. The van der Waals surface area contributed by atoms with E-state index in [1.165, 1.54) is 32.1 Å². The van der Waals surface area contributed by atoms with Crippen molar-refractivity contribution in [3.63, 3.8) is 0 Å². The first-order valence-corrected chi connectivity index (χ1v) is 7.09. The van der Waals surface area contributed by atoms with Gasteiger partial charge in [0.15, 0.2) is 0 Å². The van der Waals surface area contributed by atoms with E-state index in [2.05, 4.69) is 13.8 Å². The molecule has 0 bridgehead atoms. The fourth-order valence-electron chi connectivity index (χ4n) is 2.85. The summed E-state index contributed by atoms with van der Waals surface area (Å²) in [6.45, 7) is 4.12. The molecule has 0 aromatic carbocycles. The summed E-state index contributed by atoms with van der Waals surface area (Å²) in [6.07, 6.45) is 8.96. The molecule has 0 atom stereocenters. The van der Waals surface area contributed by atoms with Crippen LogP contribution in [0, 0.1) is 0 Å².